The number of pyridine rings is 1. The van der Waals surface area contributed by atoms with Crippen LogP contribution >= 0.6 is 0 Å². The van der Waals surface area contributed by atoms with Gasteiger partial charge in [0.1, 0.15) is 11.7 Å². The lowest BCUT2D eigenvalue weighted by Gasteiger charge is -2.58. The lowest BCUT2D eigenvalue weighted by Crippen LogP contribution is -2.68. The van der Waals surface area contributed by atoms with Gasteiger partial charge in [-0.2, -0.15) is 0 Å². The fourth-order valence-corrected chi connectivity index (χ4v) is 10.6. The van der Waals surface area contributed by atoms with Crippen LogP contribution in [-0.4, -0.2) is 57.5 Å². The van der Waals surface area contributed by atoms with Crippen LogP contribution in [0.2, 0.25) is 0 Å². The first-order valence-electron chi connectivity index (χ1n) is 14.5. The van der Waals surface area contributed by atoms with Crippen LogP contribution < -0.4 is 5.73 Å². The van der Waals surface area contributed by atoms with Crippen LogP contribution in [0.4, 0.5) is 0 Å². The zero-order valence-electron chi connectivity index (χ0n) is 21.7. The number of ether oxygens (including phenoxy) is 1. The van der Waals surface area contributed by atoms with E-state index in [1.807, 2.05) is 12.4 Å². The Hall–Kier alpha value is -2.05. The zero-order chi connectivity index (χ0) is 24.8. The molecule has 7 aliphatic rings. The maximum atomic E-state index is 11.9. The number of rotatable bonds is 2. The third-order valence-corrected chi connectivity index (χ3v) is 12.4. The maximum Gasteiger partial charge on any atom is 0.118 e. The molecule has 5 nitrogen and oxygen atoms in total. The predicted molar refractivity (Wildman–Crippen MR) is 143 cm³/mol. The Morgan fingerprint density at radius 2 is 2.00 bits per heavy atom. The highest BCUT2D eigenvalue weighted by molar-refractivity contribution is 5.82. The molecule has 5 heteroatoms. The lowest BCUT2D eigenvalue weighted by atomic mass is 9.55. The largest absolute Gasteiger partial charge is 0.388 e. The van der Waals surface area contributed by atoms with Gasteiger partial charge in [0.25, 0.3) is 0 Å². The number of allylic oxidation sites excluding steroid dienone is 1. The van der Waals surface area contributed by atoms with Gasteiger partial charge < -0.3 is 15.6 Å². The molecule has 192 valence electrons. The standard InChI is InChI=1S/C32H37N3O2/c1-29-8-6-23-13-22-4-5-26(35-17-25(33)18-35)28(36)32(22)10-9-31(23,37-32)27(29)14-24-15-30(24,29)21-3-2-19-7-11-34-16-20(19)12-21/h2-3,6-7,11-13,16,24-28,36H,4-5,8-10,14-15,17-18,33H2,1H3/t24-,26+,27+,28-,29-,30-,31?,32-/m0/s1. The first kappa shape index (κ1) is 21.8. The van der Waals surface area contributed by atoms with Crippen LogP contribution in [-0.2, 0) is 10.2 Å². The summed E-state index contributed by atoms with van der Waals surface area (Å²) in [6.07, 6.45) is 16.1. The molecule has 0 amide bonds. The number of likely N-dealkylation sites (tertiary alicyclic amines) is 1. The van der Waals surface area contributed by atoms with Crippen molar-refractivity contribution in [2.45, 2.75) is 86.7 Å². The van der Waals surface area contributed by atoms with Gasteiger partial charge >= 0.3 is 0 Å². The van der Waals surface area contributed by atoms with Crippen molar-refractivity contribution in [2.24, 2.45) is 23.0 Å². The minimum Gasteiger partial charge on any atom is -0.388 e. The van der Waals surface area contributed by atoms with E-state index in [1.54, 1.807) is 0 Å². The molecular weight excluding hydrogens is 458 g/mol. The summed E-state index contributed by atoms with van der Waals surface area (Å²) in [5.41, 5.74) is 10.0. The summed E-state index contributed by atoms with van der Waals surface area (Å²) >= 11 is 0. The first-order valence-corrected chi connectivity index (χ1v) is 14.5. The second-order valence-electron chi connectivity index (χ2n) is 13.7. The maximum absolute atomic E-state index is 11.9. The van der Waals surface area contributed by atoms with Crippen molar-refractivity contribution in [3.05, 3.63) is 65.5 Å². The molecule has 3 saturated carbocycles. The van der Waals surface area contributed by atoms with Crippen molar-refractivity contribution in [1.82, 2.24) is 9.88 Å². The summed E-state index contributed by atoms with van der Waals surface area (Å²) in [6.45, 7) is 4.37. The smallest absolute Gasteiger partial charge is 0.118 e. The number of aliphatic hydroxyl groups excluding tert-OH is 1. The van der Waals surface area contributed by atoms with Gasteiger partial charge in [0.15, 0.2) is 0 Å². The second kappa shape index (κ2) is 6.74. The van der Waals surface area contributed by atoms with E-state index >= 15 is 0 Å². The van der Waals surface area contributed by atoms with Crippen molar-refractivity contribution in [1.29, 1.82) is 0 Å². The Kier molecular flexibility index (Phi) is 3.98. The molecule has 3 aliphatic heterocycles. The van der Waals surface area contributed by atoms with Crippen molar-refractivity contribution >= 4 is 10.8 Å². The van der Waals surface area contributed by atoms with Crippen LogP contribution in [0.5, 0.6) is 0 Å². The molecule has 2 saturated heterocycles. The summed E-state index contributed by atoms with van der Waals surface area (Å²) in [5, 5.41) is 14.4. The van der Waals surface area contributed by atoms with E-state index in [0.29, 0.717) is 5.92 Å². The van der Waals surface area contributed by atoms with Crippen molar-refractivity contribution < 1.29 is 9.84 Å². The Bertz CT molecular complexity index is 1410. The van der Waals surface area contributed by atoms with Crippen molar-refractivity contribution in [2.75, 3.05) is 13.1 Å². The molecule has 2 bridgehead atoms. The molecule has 4 aliphatic carbocycles. The number of fused-ring (bicyclic) bond motifs is 4. The van der Waals surface area contributed by atoms with Gasteiger partial charge in [0, 0.05) is 48.4 Å². The molecule has 0 radical (unpaired) electrons. The topological polar surface area (TPSA) is 71.6 Å². The number of hydrogen-bond donors (Lipinski definition) is 2. The molecule has 1 aromatic heterocycles. The van der Waals surface area contributed by atoms with E-state index in [4.69, 9.17) is 10.5 Å². The summed E-state index contributed by atoms with van der Waals surface area (Å²) < 4.78 is 7.41. The monoisotopic (exact) mass is 495 g/mol. The van der Waals surface area contributed by atoms with Crippen molar-refractivity contribution in [3.8, 4) is 0 Å². The second-order valence-corrected chi connectivity index (χ2v) is 13.7. The van der Waals surface area contributed by atoms with Crippen LogP contribution in [0.15, 0.2) is 60.0 Å². The van der Waals surface area contributed by atoms with E-state index in [1.165, 1.54) is 40.3 Å². The molecule has 2 spiro atoms. The van der Waals surface area contributed by atoms with Gasteiger partial charge in [-0.15, -0.1) is 0 Å². The fourth-order valence-electron chi connectivity index (χ4n) is 10.6. The van der Waals surface area contributed by atoms with E-state index in [-0.39, 0.29) is 28.5 Å². The van der Waals surface area contributed by atoms with Crippen LogP contribution in [0.25, 0.3) is 10.8 Å². The SMILES string of the molecule is C[C@]12CC=C3C=C4CC[C@@H](N5CC(N)C5)[C@H](O)[C@]45CCC3(O5)[C@@H]1C[C@H]1C[C@]12c1ccc2ccncc2c1. The molecule has 8 atom stereocenters. The average molecular weight is 496 g/mol. The Labute approximate surface area is 218 Å². The van der Waals surface area contributed by atoms with Gasteiger partial charge in [-0.25, -0.2) is 0 Å². The minimum atomic E-state index is -0.507. The van der Waals surface area contributed by atoms with Gasteiger partial charge in [0.2, 0.25) is 0 Å². The molecule has 5 fully saturated rings. The number of aromatic nitrogens is 1. The van der Waals surface area contributed by atoms with E-state index in [2.05, 4.69) is 53.2 Å². The summed E-state index contributed by atoms with van der Waals surface area (Å²) in [4.78, 5) is 6.81. The number of nitrogens with zero attached hydrogens (tertiary/aromatic N) is 2. The minimum absolute atomic E-state index is 0.164. The van der Waals surface area contributed by atoms with Gasteiger partial charge in [-0.1, -0.05) is 31.2 Å². The van der Waals surface area contributed by atoms with Crippen molar-refractivity contribution in [3.63, 3.8) is 0 Å². The molecule has 2 aromatic rings. The molecule has 9 rings (SSSR count). The molecular formula is C32H37N3O2. The number of hydrogen-bond acceptors (Lipinski definition) is 5. The highest BCUT2D eigenvalue weighted by atomic mass is 16.5. The lowest BCUT2D eigenvalue weighted by molar-refractivity contribution is -0.192. The molecule has 4 heterocycles. The third kappa shape index (κ3) is 2.41. The van der Waals surface area contributed by atoms with Crippen LogP contribution in [0.1, 0.15) is 57.4 Å². The van der Waals surface area contributed by atoms with E-state index in [9.17, 15) is 5.11 Å². The Morgan fingerprint density at radius 1 is 1.14 bits per heavy atom. The number of aliphatic hydroxyl groups is 1. The Balaban J connectivity index is 1.12. The average Bonchev–Trinajstić information content (AvgIpc) is 3.46. The summed E-state index contributed by atoms with van der Waals surface area (Å²) in [7, 11) is 0. The molecule has 1 aromatic carbocycles. The normalized spacial score (nSPS) is 47.9. The summed E-state index contributed by atoms with van der Waals surface area (Å²) in [6, 6.07) is 9.66. The quantitative estimate of drug-likeness (QED) is 0.652. The van der Waals surface area contributed by atoms with Crippen LogP contribution in [0.3, 0.4) is 0 Å². The van der Waals surface area contributed by atoms with E-state index < -0.39 is 11.7 Å². The highest BCUT2D eigenvalue weighted by Crippen LogP contribution is 2.80. The molecule has 37 heavy (non-hydrogen) atoms. The van der Waals surface area contributed by atoms with E-state index in [0.717, 1.165) is 51.1 Å². The molecule has 3 N–H and O–H groups in total. The number of benzene rings is 1. The predicted octanol–water partition coefficient (Wildman–Crippen LogP) is 4.24. The Morgan fingerprint density at radius 3 is 2.86 bits per heavy atom. The highest BCUT2D eigenvalue weighted by Gasteiger charge is 2.78. The van der Waals surface area contributed by atoms with Crippen LogP contribution in [0, 0.1) is 17.3 Å². The van der Waals surface area contributed by atoms with Gasteiger partial charge in [0.05, 0.1) is 5.60 Å². The van der Waals surface area contributed by atoms with Gasteiger partial charge in [-0.3, -0.25) is 9.88 Å². The first-order chi connectivity index (χ1) is 17.9. The third-order valence-electron chi connectivity index (χ3n) is 12.4. The fraction of sp³-hybridized carbons (Fsp3) is 0.594. The number of nitrogens with two attached hydrogens (primary N) is 1. The zero-order valence-corrected chi connectivity index (χ0v) is 21.7. The molecule has 1 unspecified atom stereocenters. The summed E-state index contributed by atoms with van der Waals surface area (Å²) in [5.74, 6) is 1.21. The van der Waals surface area contributed by atoms with Gasteiger partial charge in [-0.05, 0) is 96.4 Å².